The number of rotatable bonds is 5. The van der Waals surface area contributed by atoms with Crippen molar-refractivity contribution in [2.24, 2.45) is 0 Å². The van der Waals surface area contributed by atoms with Crippen LogP contribution in [0.15, 0.2) is 30.3 Å². The molecular weight excluding hydrogens is 276 g/mol. The molecule has 0 radical (unpaired) electrons. The molecule has 1 N–H and O–H groups in total. The molecule has 0 aliphatic carbocycles. The predicted molar refractivity (Wildman–Crippen MR) is 78.1 cm³/mol. The van der Waals surface area contributed by atoms with E-state index in [0.29, 0.717) is 15.7 Å². The van der Waals surface area contributed by atoms with Crippen LogP contribution in [0.3, 0.4) is 0 Å². The van der Waals surface area contributed by atoms with E-state index in [2.05, 4.69) is 10.3 Å². The highest BCUT2D eigenvalue weighted by Crippen LogP contribution is 2.31. The molecule has 0 fully saturated rings. The second-order valence-corrected chi connectivity index (χ2v) is 5.10. The van der Waals surface area contributed by atoms with Gasteiger partial charge in [0.1, 0.15) is 6.61 Å². The van der Waals surface area contributed by atoms with E-state index in [-0.39, 0.29) is 18.3 Å². The van der Waals surface area contributed by atoms with Crippen molar-refractivity contribution in [1.82, 2.24) is 4.98 Å². The van der Waals surface area contributed by atoms with E-state index in [1.54, 1.807) is 0 Å². The first-order chi connectivity index (χ1) is 9.61. The summed E-state index contributed by atoms with van der Waals surface area (Å²) in [5.41, 5.74) is 1.44. The van der Waals surface area contributed by atoms with Crippen LogP contribution in [0.2, 0.25) is 0 Å². The Hall–Kier alpha value is -2.05. The summed E-state index contributed by atoms with van der Waals surface area (Å²) in [6, 6.07) is 9.40. The average Bonchev–Trinajstić information content (AvgIpc) is 2.84. The number of benzene rings is 1. The molecule has 5 nitrogen and oxygen atoms in total. The van der Waals surface area contributed by atoms with Crippen molar-refractivity contribution in [1.29, 1.82) is 0 Å². The monoisotopic (exact) mass is 290 g/mol. The van der Waals surface area contributed by atoms with Gasteiger partial charge in [-0.1, -0.05) is 41.7 Å². The number of hydrogen-bond acceptors (Lipinski definition) is 5. The quantitative estimate of drug-likeness (QED) is 0.859. The summed E-state index contributed by atoms with van der Waals surface area (Å²) < 4.78 is 4.74. The molecule has 0 aliphatic rings. The number of carbonyl (C=O) groups is 2. The molecule has 1 aromatic carbocycles. The molecule has 2 aromatic rings. The predicted octanol–water partition coefficient (Wildman–Crippen LogP) is 2.60. The summed E-state index contributed by atoms with van der Waals surface area (Å²) in [5, 5.41) is 3.02. The van der Waals surface area contributed by atoms with E-state index >= 15 is 0 Å². The topological polar surface area (TPSA) is 68.3 Å². The number of carbonyl (C=O) groups excluding carboxylic acids is 2. The van der Waals surface area contributed by atoms with Gasteiger partial charge < -0.3 is 4.74 Å². The molecule has 6 heteroatoms. The second-order valence-electron chi connectivity index (χ2n) is 4.10. The van der Waals surface area contributed by atoms with E-state index in [9.17, 15) is 9.59 Å². The summed E-state index contributed by atoms with van der Waals surface area (Å²) >= 11 is 1.17. The zero-order valence-electron chi connectivity index (χ0n) is 11.2. The minimum atomic E-state index is -0.295. The molecule has 1 aromatic heterocycles. The molecule has 2 rings (SSSR count). The van der Waals surface area contributed by atoms with Crippen LogP contribution in [0.4, 0.5) is 5.13 Å². The van der Waals surface area contributed by atoms with Gasteiger partial charge in [-0.25, -0.2) is 4.98 Å². The summed E-state index contributed by atoms with van der Waals surface area (Å²) in [6.07, 6.45) is 0. The Morgan fingerprint density at radius 1 is 1.30 bits per heavy atom. The molecule has 0 saturated carbocycles. The van der Waals surface area contributed by atoms with Gasteiger partial charge in [0.2, 0.25) is 0 Å². The average molecular weight is 290 g/mol. The minimum absolute atomic E-state index is 0.0460. The number of aromatic nitrogens is 1. The van der Waals surface area contributed by atoms with Crippen LogP contribution in [0.1, 0.15) is 16.6 Å². The maximum atomic E-state index is 11.7. The zero-order chi connectivity index (χ0) is 14.5. The normalized spacial score (nSPS) is 10.3. The Morgan fingerprint density at radius 3 is 2.60 bits per heavy atom. The van der Waals surface area contributed by atoms with Gasteiger partial charge >= 0.3 is 0 Å². The number of ketones is 1. The molecular formula is C14H14N2O3S. The molecule has 1 heterocycles. The van der Waals surface area contributed by atoms with Crippen molar-refractivity contribution >= 4 is 28.2 Å². The van der Waals surface area contributed by atoms with Gasteiger partial charge in [-0.15, -0.1) is 0 Å². The van der Waals surface area contributed by atoms with Crippen LogP contribution in [0.5, 0.6) is 0 Å². The summed E-state index contributed by atoms with van der Waals surface area (Å²) in [6.45, 7) is 1.44. The number of nitrogens with one attached hydrogen (secondary N) is 1. The Kier molecular flexibility index (Phi) is 4.60. The number of ether oxygens (including phenoxy) is 1. The zero-order valence-corrected chi connectivity index (χ0v) is 12.0. The molecule has 1 amide bonds. The highest BCUT2D eigenvalue weighted by atomic mass is 32.1. The molecule has 0 saturated heterocycles. The Morgan fingerprint density at radius 2 is 2.00 bits per heavy atom. The van der Waals surface area contributed by atoms with Gasteiger partial charge in [0, 0.05) is 19.6 Å². The summed E-state index contributed by atoms with van der Waals surface area (Å²) in [5.74, 6) is -0.371. The molecule has 0 unspecified atom stereocenters. The lowest BCUT2D eigenvalue weighted by molar-refractivity contribution is -0.119. The molecule has 0 aliphatic heterocycles. The van der Waals surface area contributed by atoms with Gasteiger partial charge in [0.05, 0.1) is 10.6 Å². The number of thiazole rings is 1. The van der Waals surface area contributed by atoms with E-state index in [1.165, 1.54) is 25.4 Å². The van der Waals surface area contributed by atoms with Crippen LogP contribution in [-0.4, -0.2) is 30.4 Å². The third-order valence-corrected chi connectivity index (χ3v) is 3.59. The maximum Gasteiger partial charge on any atom is 0.252 e. The van der Waals surface area contributed by atoms with Crippen LogP contribution >= 0.6 is 11.3 Å². The Labute approximate surface area is 120 Å². The van der Waals surface area contributed by atoms with E-state index < -0.39 is 0 Å². The van der Waals surface area contributed by atoms with Crippen LogP contribution < -0.4 is 5.32 Å². The van der Waals surface area contributed by atoms with E-state index in [1.807, 2.05) is 30.3 Å². The van der Waals surface area contributed by atoms with Gasteiger partial charge in [0.15, 0.2) is 10.9 Å². The lowest BCUT2D eigenvalue weighted by atomic mass is 10.1. The van der Waals surface area contributed by atoms with Crippen molar-refractivity contribution < 1.29 is 14.3 Å². The van der Waals surface area contributed by atoms with Crippen LogP contribution in [0, 0.1) is 0 Å². The first-order valence-corrected chi connectivity index (χ1v) is 6.79. The van der Waals surface area contributed by atoms with E-state index in [4.69, 9.17) is 4.74 Å². The summed E-state index contributed by atoms with van der Waals surface area (Å²) in [7, 11) is 1.44. The van der Waals surface area contributed by atoms with Crippen LogP contribution in [-0.2, 0) is 9.53 Å². The second kappa shape index (κ2) is 6.40. The lowest BCUT2D eigenvalue weighted by Gasteiger charge is -1.99. The first-order valence-electron chi connectivity index (χ1n) is 5.97. The maximum absolute atomic E-state index is 11.7. The van der Waals surface area contributed by atoms with Crippen molar-refractivity contribution in [2.45, 2.75) is 6.92 Å². The van der Waals surface area contributed by atoms with Crippen molar-refractivity contribution in [2.75, 3.05) is 19.0 Å². The van der Waals surface area contributed by atoms with Crippen LogP contribution in [0.25, 0.3) is 11.3 Å². The largest absolute Gasteiger partial charge is 0.375 e. The molecule has 0 atom stereocenters. The third kappa shape index (κ3) is 3.28. The first kappa shape index (κ1) is 14.4. The highest BCUT2D eigenvalue weighted by Gasteiger charge is 2.17. The number of nitrogens with zero attached hydrogens (tertiary/aromatic N) is 1. The fraction of sp³-hybridized carbons (Fsp3) is 0.214. The highest BCUT2D eigenvalue weighted by molar-refractivity contribution is 7.18. The number of methoxy groups -OCH3 is 1. The molecule has 104 valence electrons. The standard InChI is InChI=1S/C14H14N2O3S/c1-9(17)13-12(10-6-4-3-5-7-10)16-14(20-13)15-11(18)8-19-2/h3-7H,8H2,1-2H3,(H,15,16,18). The smallest absolute Gasteiger partial charge is 0.252 e. The van der Waals surface area contributed by atoms with Crippen molar-refractivity contribution in [3.05, 3.63) is 35.2 Å². The lowest BCUT2D eigenvalue weighted by Crippen LogP contribution is -2.16. The SMILES string of the molecule is COCC(=O)Nc1nc(-c2ccccc2)c(C(C)=O)s1. The minimum Gasteiger partial charge on any atom is -0.375 e. The Bertz CT molecular complexity index is 623. The number of anilines is 1. The number of Topliss-reactive ketones (excluding diaryl/α,β-unsaturated/α-hetero) is 1. The number of hydrogen-bond donors (Lipinski definition) is 1. The Balaban J connectivity index is 2.34. The van der Waals surface area contributed by atoms with Crippen molar-refractivity contribution in [3.63, 3.8) is 0 Å². The fourth-order valence-electron chi connectivity index (χ4n) is 1.69. The third-order valence-electron chi connectivity index (χ3n) is 2.52. The summed E-state index contributed by atoms with van der Waals surface area (Å²) in [4.78, 5) is 28.0. The molecule has 0 spiro atoms. The molecule has 20 heavy (non-hydrogen) atoms. The van der Waals surface area contributed by atoms with Crippen molar-refractivity contribution in [3.8, 4) is 11.3 Å². The van der Waals surface area contributed by atoms with E-state index in [0.717, 1.165) is 5.56 Å². The van der Waals surface area contributed by atoms with Gasteiger partial charge in [0.25, 0.3) is 5.91 Å². The van der Waals surface area contributed by atoms with Gasteiger partial charge in [-0.3, -0.25) is 14.9 Å². The van der Waals surface area contributed by atoms with Gasteiger partial charge in [-0.2, -0.15) is 0 Å². The fourth-order valence-corrected chi connectivity index (χ4v) is 2.59. The molecule has 0 bridgehead atoms. The number of amides is 1. The van der Waals surface area contributed by atoms with Gasteiger partial charge in [-0.05, 0) is 0 Å².